The third-order valence-electron chi connectivity index (χ3n) is 6.50. The lowest BCUT2D eigenvalue weighted by Crippen LogP contribution is -2.52. The standard InChI is InChI=1S/C23H44N6O2/c1-4-24-23(26-16-21-18-28(14-15-31-21)17-19(2)3)25-8-9-27-10-12-29(13-11-27)22(30)20-6-5-7-20/h19-21H,4-18H2,1-3H3,(H2,24,25,26). The van der Waals surface area contributed by atoms with Gasteiger partial charge in [-0.1, -0.05) is 20.3 Å². The van der Waals surface area contributed by atoms with Crippen LogP contribution in [0.5, 0.6) is 0 Å². The fourth-order valence-corrected chi connectivity index (χ4v) is 4.55. The van der Waals surface area contributed by atoms with Crippen LogP contribution in [0.3, 0.4) is 0 Å². The minimum Gasteiger partial charge on any atom is -0.374 e. The molecular formula is C23H44N6O2. The van der Waals surface area contributed by atoms with Crippen molar-refractivity contribution in [2.45, 2.75) is 46.1 Å². The lowest BCUT2D eigenvalue weighted by molar-refractivity contribution is -0.139. The number of nitrogens with zero attached hydrogens (tertiary/aromatic N) is 4. The largest absolute Gasteiger partial charge is 0.374 e. The summed E-state index contributed by atoms with van der Waals surface area (Å²) >= 11 is 0. The van der Waals surface area contributed by atoms with Gasteiger partial charge in [-0.15, -0.1) is 0 Å². The number of aliphatic imine (C=N–C) groups is 1. The van der Waals surface area contributed by atoms with Gasteiger partial charge in [-0.05, 0) is 25.7 Å². The second-order valence-electron chi connectivity index (χ2n) is 9.59. The molecule has 8 heteroatoms. The van der Waals surface area contributed by atoms with E-state index in [1.165, 1.54) is 6.42 Å². The van der Waals surface area contributed by atoms with Crippen LogP contribution in [-0.2, 0) is 9.53 Å². The zero-order chi connectivity index (χ0) is 22.1. The van der Waals surface area contributed by atoms with Gasteiger partial charge in [0, 0.05) is 71.4 Å². The molecule has 8 nitrogen and oxygen atoms in total. The third-order valence-corrected chi connectivity index (χ3v) is 6.50. The van der Waals surface area contributed by atoms with Crippen LogP contribution >= 0.6 is 0 Å². The molecule has 0 spiro atoms. The second kappa shape index (κ2) is 12.6. The molecule has 2 aliphatic heterocycles. The van der Waals surface area contributed by atoms with E-state index in [4.69, 9.17) is 9.73 Å². The molecule has 2 N–H and O–H groups in total. The normalized spacial score (nSPS) is 24.3. The highest BCUT2D eigenvalue weighted by Gasteiger charge is 2.31. The van der Waals surface area contributed by atoms with Gasteiger partial charge in [0.25, 0.3) is 0 Å². The quantitative estimate of drug-likeness (QED) is 0.412. The SMILES string of the molecule is CCNC(=NCC1CN(CC(C)C)CCO1)NCCN1CCN(C(=O)C2CCC2)CC1. The number of amides is 1. The highest BCUT2D eigenvalue weighted by atomic mass is 16.5. The van der Waals surface area contributed by atoms with Gasteiger partial charge in [0.1, 0.15) is 0 Å². The van der Waals surface area contributed by atoms with Crippen molar-refractivity contribution in [1.29, 1.82) is 0 Å². The zero-order valence-corrected chi connectivity index (χ0v) is 19.9. The van der Waals surface area contributed by atoms with E-state index in [9.17, 15) is 4.79 Å². The number of morpholine rings is 1. The number of nitrogens with one attached hydrogen (secondary N) is 2. The summed E-state index contributed by atoms with van der Waals surface area (Å²) in [5.41, 5.74) is 0. The first-order chi connectivity index (χ1) is 15.0. The molecular weight excluding hydrogens is 392 g/mol. The molecule has 3 fully saturated rings. The summed E-state index contributed by atoms with van der Waals surface area (Å²) in [5, 5.41) is 6.82. The summed E-state index contributed by atoms with van der Waals surface area (Å²) in [6.45, 7) is 17.6. The molecule has 3 aliphatic rings. The van der Waals surface area contributed by atoms with Gasteiger partial charge in [0.15, 0.2) is 5.96 Å². The topological polar surface area (TPSA) is 72.4 Å². The first-order valence-electron chi connectivity index (χ1n) is 12.4. The average molecular weight is 437 g/mol. The number of piperazine rings is 1. The highest BCUT2D eigenvalue weighted by Crippen LogP contribution is 2.28. The summed E-state index contributed by atoms with van der Waals surface area (Å²) < 4.78 is 5.93. The molecule has 0 aromatic rings. The highest BCUT2D eigenvalue weighted by molar-refractivity contribution is 5.80. The fourth-order valence-electron chi connectivity index (χ4n) is 4.55. The van der Waals surface area contributed by atoms with Crippen LogP contribution in [0.25, 0.3) is 0 Å². The molecule has 3 rings (SSSR count). The number of carbonyl (C=O) groups is 1. The molecule has 1 amide bonds. The van der Waals surface area contributed by atoms with Crippen molar-refractivity contribution < 1.29 is 9.53 Å². The van der Waals surface area contributed by atoms with Gasteiger partial charge < -0.3 is 20.3 Å². The van der Waals surface area contributed by atoms with Crippen LogP contribution < -0.4 is 10.6 Å². The zero-order valence-electron chi connectivity index (χ0n) is 19.9. The van der Waals surface area contributed by atoms with Gasteiger partial charge in [-0.2, -0.15) is 0 Å². The van der Waals surface area contributed by atoms with Crippen molar-refractivity contribution in [2.24, 2.45) is 16.8 Å². The number of rotatable bonds is 9. The van der Waals surface area contributed by atoms with Crippen molar-refractivity contribution in [2.75, 3.05) is 78.6 Å². The maximum Gasteiger partial charge on any atom is 0.225 e. The van der Waals surface area contributed by atoms with Crippen molar-refractivity contribution in [3.05, 3.63) is 0 Å². The summed E-state index contributed by atoms with van der Waals surface area (Å²) in [4.78, 5) is 24.2. The number of hydrogen-bond donors (Lipinski definition) is 2. The second-order valence-corrected chi connectivity index (χ2v) is 9.59. The van der Waals surface area contributed by atoms with Crippen LogP contribution in [0.1, 0.15) is 40.0 Å². The van der Waals surface area contributed by atoms with E-state index in [1.54, 1.807) is 0 Å². The number of carbonyl (C=O) groups excluding carboxylic acids is 1. The van der Waals surface area contributed by atoms with E-state index >= 15 is 0 Å². The van der Waals surface area contributed by atoms with Crippen LogP contribution in [0, 0.1) is 11.8 Å². The third kappa shape index (κ3) is 7.91. The lowest BCUT2D eigenvalue weighted by Gasteiger charge is -2.38. The maximum atomic E-state index is 12.4. The maximum absolute atomic E-state index is 12.4. The Kier molecular flexibility index (Phi) is 9.87. The van der Waals surface area contributed by atoms with Crippen LogP contribution in [0.15, 0.2) is 4.99 Å². The molecule has 1 atom stereocenters. The summed E-state index contributed by atoms with van der Waals surface area (Å²) in [5.74, 6) is 2.26. The molecule has 1 unspecified atom stereocenters. The van der Waals surface area contributed by atoms with Gasteiger partial charge >= 0.3 is 0 Å². The summed E-state index contributed by atoms with van der Waals surface area (Å²) in [7, 11) is 0. The first kappa shape index (κ1) is 24.3. The predicted octanol–water partition coefficient (Wildman–Crippen LogP) is 0.843. The van der Waals surface area contributed by atoms with Crippen LogP contribution in [-0.4, -0.2) is 111 Å². The van der Waals surface area contributed by atoms with E-state index in [-0.39, 0.29) is 6.10 Å². The van der Waals surface area contributed by atoms with Crippen molar-refractivity contribution >= 4 is 11.9 Å². The Balaban J connectivity index is 1.35. The van der Waals surface area contributed by atoms with E-state index in [2.05, 4.69) is 46.1 Å². The molecule has 1 aliphatic carbocycles. The monoisotopic (exact) mass is 436 g/mol. The van der Waals surface area contributed by atoms with E-state index < -0.39 is 0 Å². The molecule has 2 saturated heterocycles. The minimum atomic E-state index is 0.171. The molecule has 0 bridgehead atoms. The molecule has 178 valence electrons. The molecule has 31 heavy (non-hydrogen) atoms. The van der Waals surface area contributed by atoms with E-state index in [0.29, 0.717) is 24.3 Å². The number of ether oxygens (including phenoxy) is 1. The number of hydrogen-bond acceptors (Lipinski definition) is 5. The van der Waals surface area contributed by atoms with Gasteiger partial charge in [0.05, 0.1) is 19.3 Å². The lowest BCUT2D eigenvalue weighted by atomic mass is 9.84. The Morgan fingerprint density at radius 1 is 1.10 bits per heavy atom. The Hall–Kier alpha value is -1.38. The fraction of sp³-hybridized carbons (Fsp3) is 0.913. The molecule has 0 radical (unpaired) electrons. The van der Waals surface area contributed by atoms with Crippen molar-refractivity contribution in [3.8, 4) is 0 Å². The molecule has 2 heterocycles. The van der Waals surface area contributed by atoms with Crippen molar-refractivity contribution in [1.82, 2.24) is 25.3 Å². The van der Waals surface area contributed by atoms with Crippen LogP contribution in [0.4, 0.5) is 0 Å². The van der Waals surface area contributed by atoms with Gasteiger partial charge in [-0.25, -0.2) is 0 Å². The molecule has 1 saturated carbocycles. The number of guanidine groups is 1. The molecule has 0 aromatic heterocycles. The summed E-state index contributed by atoms with van der Waals surface area (Å²) in [6, 6.07) is 0. The van der Waals surface area contributed by atoms with E-state index in [1.807, 2.05) is 0 Å². The average Bonchev–Trinajstić information content (AvgIpc) is 2.71. The van der Waals surface area contributed by atoms with E-state index in [0.717, 1.165) is 90.9 Å². The van der Waals surface area contributed by atoms with Crippen LogP contribution in [0.2, 0.25) is 0 Å². The van der Waals surface area contributed by atoms with Crippen molar-refractivity contribution in [3.63, 3.8) is 0 Å². The Morgan fingerprint density at radius 2 is 1.87 bits per heavy atom. The Morgan fingerprint density at radius 3 is 2.52 bits per heavy atom. The van der Waals surface area contributed by atoms with Gasteiger partial charge in [-0.3, -0.25) is 19.6 Å². The minimum absolute atomic E-state index is 0.171. The predicted molar refractivity (Wildman–Crippen MR) is 125 cm³/mol. The summed E-state index contributed by atoms with van der Waals surface area (Å²) in [6.07, 6.45) is 3.58. The van der Waals surface area contributed by atoms with Gasteiger partial charge in [0.2, 0.25) is 5.91 Å². The Labute approximate surface area is 188 Å². The Bertz CT molecular complexity index is 572. The molecule has 0 aromatic carbocycles. The first-order valence-corrected chi connectivity index (χ1v) is 12.4. The smallest absolute Gasteiger partial charge is 0.225 e.